The summed E-state index contributed by atoms with van der Waals surface area (Å²) in [5.74, 6) is 2.03. The Morgan fingerprint density at radius 1 is 1.18 bits per heavy atom. The fourth-order valence-electron chi connectivity index (χ4n) is 2.01. The molecule has 116 valence electrons. The van der Waals surface area contributed by atoms with Gasteiger partial charge in [-0.05, 0) is 39.0 Å². The first-order valence-electron chi connectivity index (χ1n) is 7.16. The van der Waals surface area contributed by atoms with Crippen molar-refractivity contribution in [2.24, 2.45) is 9.98 Å². The van der Waals surface area contributed by atoms with Crippen molar-refractivity contribution in [3.8, 4) is 11.5 Å². The molecule has 2 heterocycles. The molecule has 0 bridgehead atoms. The summed E-state index contributed by atoms with van der Waals surface area (Å²) in [6.45, 7) is 6.82. The minimum Gasteiger partial charge on any atom is -0.486 e. The molecule has 0 aliphatic carbocycles. The minimum absolute atomic E-state index is 0.393. The number of aliphatic imine (C=N–C) groups is 2. The van der Waals surface area contributed by atoms with Gasteiger partial charge in [0.05, 0.1) is 18.0 Å². The lowest BCUT2D eigenvalue weighted by Crippen LogP contribution is -2.34. The van der Waals surface area contributed by atoms with Crippen LogP contribution in [0.15, 0.2) is 40.1 Å². The van der Waals surface area contributed by atoms with E-state index >= 15 is 0 Å². The third-order valence-corrected chi connectivity index (χ3v) is 3.30. The van der Waals surface area contributed by atoms with Crippen LogP contribution in [0, 0.1) is 0 Å². The summed E-state index contributed by atoms with van der Waals surface area (Å²) in [7, 11) is 0. The van der Waals surface area contributed by atoms with Gasteiger partial charge in [-0.2, -0.15) is 0 Å². The molecule has 0 radical (unpaired) electrons. The molecule has 2 aliphatic rings. The normalized spacial score (nSPS) is 18.5. The summed E-state index contributed by atoms with van der Waals surface area (Å²) in [6, 6.07) is 5.62. The number of fused-ring (bicyclic) bond motifs is 1. The van der Waals surface area contributed by atoms with E-state index in [2.05, 4.69) is 9.98 Å². The molecule has 0 aromatic heterocycles. The highest BCUT2D eigenvalue weighted by molar-refractivity contribution is 6.10. The van der Waals surface area contributed by atoms with E-state index in [1.54, 1.807) is 12.4 Å². The van der Waals surface area contributed by atoms with Crippen molar-refractivity contribution in [3.63, 3.8) is 0 Å². The lowest BCUT2D eigenvalue weighted by Gasteiger charge is -2.27. The number of hydroxylamine groups is 2. The van der Waals surface area contributed by atoms with Crippen LogP contribution in [-0.2, 0) is 0 Å². The van der Waals surface area contributed by atoms with E-state index in [0.29, 0.717) is 30.5 Å². The van der Waals surface area contributed by atoms with Crippen molar-refractivity contribution in [2.45, 2.75) is 26.3 Å². The van der Waals surface area contributed by atoms with Crippen LogP contribution in [0.3, 0.4) is 0 Å². The predicted octanol–water partition coefficient (Wildman–Crippen LogP) is 2.62. The third kappa shape index (κ3) is 2.96. The first-order valence-corrected chi connectivity index (χ1v) is 7.16. The number of benzene rings is 1. The van der Waals surface area contributed by atoms with Gasteiger partial charge in [0.25, 0.3) is 0 Å². The Morgan fingerprint density at radius 2 is 1.91 bits per heavy atom. The lowest BCUT2D eigenvalue weighted by molar-refractivity contribution is -0.110. The van der Waals surface area contributed by atoms with E-state index in [-0.39, 0.29) is 0 Å². The van der Waals surface area contributed by atoms with Gasteiger partial charge < -0.3 is 9.47 Å². The zero-order valence-electron chi connectivity index (χ0n) is 12.9. The highest BCUT2D eigenvalue weighted by atomic mass is 16.6. The van der Waals surface area contributed by atoms with E-state index in [0.717, 1.165) is 16.4 Å². The Hall–Kier alpha value is -2.34. The number of nitrogens with zero attached hydrogens (tertiary/aromatic N) is 3. The van der Waals surface area contributed by atoms with Gasteiger partial charge in [-0.1, -0.05) is 0 Å². The number of hydrogen-bond acceptors (Lipinski definition) is 6. The molecule has 0 spiro atoms. The maximum Gasteiger partial charge on any atom is 0.162 e. The van der Waals surface area contributed by atoms with E-state index in [4.69, 9.17) is 9.47 Å². The smallest absolute Gasteiger partial charge is 0.162 e. The number of amidine groups is 1. The molecule has 22 heavy (non-hydrogen) atoms. The first kappa shape index (κ1) is 14.6. The maximum atomic E-state index is 9.95. The molecule has 0 unspecified atom stereocenters. The molecule has 0 amide bonds. The quantitative estimate of drug-likeness (QED) is 0.853. The topological polar surface area (TPSA) is 66.7 Å². The molecule has 0 fully saturated rings. The van der Waals surface area contributed by atoms with Gasteiger partial charge in [-0.15, -0.1) is 0 Å². The van der Waals surface area contributed by atoms with Crippen LogP contribution in [0.4, 0.5) is 0 Å². The van der Waals surface area contributed by atoms with Crippen LogP contribution in [0.2, 0.25) is 0 Å². The largest absolute Gasteiger partial charge is 0.486 e. The van der Waals surface area contributed by atoms with Crippen molar-refractivity contribution < 1.29 is 14.7 Å². The molecule has 2 aliphatic heterocycles. The van der Waals surface area contributed by atoms with Gasteiger partial charge >= 0.3 is 0 Å². The first-order chi connectivity index (χ1) is 10.4. The summed E-state index contributed by atoms with van der Waals surface area (Å²) in [5.41, 5.74) is 1.06. The van der Waals surface area contributed by atoms with Crippen LogP contribution >= 0.6 is 0 Å². The Balaban J connectivity index is 1.84. The van der Waals surface area contributed by atoms with Crippen LogP contribution < -0.4 is 9.47 Å². The van der Waals surface area contributed by atoms with Gasteiger partial charge in [-0.25, -0.2) is 9.98 Å². The van der Waals surface area contributed by atoms with Crippen molar-refractivity contribution in [1.82, 2.24) is 5.06 Å². The van der Waals surface area contributed by atoms with Gasteiger partial charge in [0.15, 0.2) is 17.3 Å². The number of hydrogen-bond donors (Lipinski definition) is 1. The van der Waals surface area contributed by atoms with E-state index < -0.39 is 5.54 Å². The van der Waals surface area contributed by atoms with Gasteiger partial charge in [0.2, 0.25) is 0 Å². The average molecular weight is 301 g/mol. The molecule has 1 aromatic carbocycles. The summed E-state index contributed by atoms with van der Waals surface area (Å²) >= 11 is 0. The second-order valence-corrected chi connectivity index (χ2v) is 6.12. The summed E-state index contributed by atoms with van der Waals surface area (Å²) in [5, 5.41) is 11.1. The Kier molecular flexibility index (Phi) is 3.62. The molecule has 3 rings (SSSR count). The molecule has 0 atom stereocenters. The number of ether oxygens (including phenoxy) is 2. The summed E-state index contributed by atoms with van der Waals surface area (Å²) in [4.78, 5) is 8.71. The zero-order valence-corrected chi connectivity index (χ0v) is 12.9. The van der Waals surface area contributed by atoms with Gasteiger partial charge in [-0.3, -0.25) is 10.3 Å². The van der Waals surface area contributed by atoms with Crippen molar-refractivity contribution in [1.29, 1.82) is 0 Å². The molecule has 1 N–H and O–H groups in total. The minimum atomic E-state index is -0.393. The SMILES string of the molecule is CC(C)(C)N(O)C=C1C=NC(c2ccc3c(c2)OCCO3)=N1. The molecule has 6 heteroatoms. The highest BCUT2D eigenvalue weighted by Gasteiger charge is 2.19. The predicted molar refractivity (Wildman–Crippen MR) is 83.9 cm³/mol. The van der Waals surface area contributed by atoms with Crippen molar-refractivity contribution >= 4 is 12.1 Å². The molecular weight excluding hydrogens is 282 g/mol. The molecule has 0 saturated heterocycles. The molecular formula is C16H19N3O3. The Bertz CT molecular complexity index is 672. The second kappa shape index (κ2) is 5.46. The summed E-state index contributed by atoms with van der Waals surface area (Å²) < 4.78 is 11.1. The van der Waals surface area contributed by atoms with Gasteiger partial charge in [0, 0.05) is 5.56 Å². The van der Waals surface area contributed by atoms with Crippen LogP contribution in [0.5, 0.6) is 11.5 Å². The van der Waals surface area contributed by atoms with Gasteiger partial charge in [0.1, 0.15) is 18.9 Å². The van der Waals surface area contributed by atoms with Crippen LogP contribution in [0.1, 0.15) is 26.3 Å². The summed E-state index contributed by atoms with van der Waals surface area (Å²) in [6.07, 6.45) is 3.19. The number of rotatable bonds is 2. The molecule has 0 saturated carbocycles. The molecule has 6 nitrogen and oxygen atoms in total. The zero-order chi connectivity index (χ0) is 15.7. The third-order valence-electron chi connectivity index (χ3n) is 3.30. The van der Waals surface area contributed by atoms with Crippen molar-refractivity contribution in [2.75, 3.05) is 13.2 Å². The number of allylic oxidation sites excluding steroid dienone is 1. The molecule has 1 aromatic rings. The standard InChI is InChI=1S/C16H19N3O3/c1-16(2,3)19(20)10-12-9-17-15(18-12)11-4-5-13-14(8-11)22-7-6-21-13/h4-5,8-10,20H,6-7H2,1-3H3. The Morgan fingerprint density at radius 3 is 2.64 bits per heavy atom. The van der Waals surface area contributed by atoms with Crippen LogP contribution in [0.25, 0.3) is 0 Å². The maximum absolute atomic E-state index is 9.95. The fourth-order valence-corrected chi connectivity index (χ4v) is 2.01. The van der Waals surface area contributed by atoms with Crippen LogP contribution in [-0.4, -0.2) is 41.1 Å². The van der Waals surface area contributed by atoms with E-state index in [9.17, 15) is 5.21 Å². The fraction of sp³-hybridized carbons (Fsp3) is 0.375. The lowest BCUT2D eigenvalue weighted by atomic mass is 10.1. The average Bonchev–Trinajstić information content (AvgIpc) is 2.94. The van der Waals surface area contributed by atoms with E-state index in [1.807, 2.05) is 39.0 Å². The highest BCUT2D eigenvalue weighted by Crippen LogP contribution is 2.31. The van der Waals surface area contributed by atoms with E-state index in [1.165, 1.54) is 0 Å². The monoisotopic (exact) mass is 301 g/mol. The van der Waals surface area contributed by atoms with Crippen molar-refractivity contribution in [3.05, 3.63) is 35.7 Å². The Labute approximate surface area is 129 Å². The second-order valence-electron chi connectivity index (χ2n) is 6.12.